The maximum absolute atomic E-state index is 11.5. The average Bonchev–Trinajstić information content (AvgIpc) is 2.26. The minimum Gasteiger partial charge on any atom is -0.325 e. The molecule has 1 rings (SSSR count). The van der Waals surface area contributed by atoms with Gasteiger partial charge in [0.05, 0.1) is 12.3 Å². The van der Waals surface area contributed by atoms with Crippen LogP contribution in [0.1, 0.15) is 13.3 Å². The molecule has 0 unspecified atom stereocenters. The van der Waals surface area contributed by atoms with Crippen LogP contribution in [0.4, 0.5) is 5.69 Å². The second kappa shape index (κ2) is 6.86. The number of halogens is 1. The van der Waals surface area contributed by atoms with Crippen molar-refractivity contribution in [3.05, 3.63) is 28.7 Å². The molecule has 0 fully saturated rings. The number of anilines is 1. The van der Waals surface area contributed by atoms with Crippen molar-refractivity contribution in [2.45, 2.75) is 13.3 Å². The van der Waals surface area contributed by atoms with Crippen LogP contribution in [0.25, 0.3) is 0 Å². The van der Waals surface area contributed by atoms with Crippen molar-refractivity contribution < 1.29 is 13.2 Å². The summed E-state index contributed by atoms with van der Waals surface area (Å²) in [6.07, 6.45) is 0.516. The Morgan fingerprint density at radius 2 is 2.11 bits per heavy atom. The SMILES string of the molecule is CCCS(=O)(=O)NCC(=O)Nc1cccc(Br)c1. The largest absolute Gasteiger partial charge is 0.325 e. The van der Waals surface area contributed by atoms with Crippen LogP contribution in [0.15, 0.2) is 28.7 Å². The monoisotopic (exact) mass is 334 g/mol. The molecule has 0 saturated heterocycles. The Morgan fingerprint density at radius 1 is 1.39 bits per heavy atom. The molecule has 1 amide bonds. The van der Waals surface area contributed by atoms with Gasteiger partial charge in [-0.3, -0.25) is 4.79 Å². The summed E-state index contributed by atoms with van der Waals surface area (Å²) >= 11 is 3.28. The van der Waals surface area contributed by atoms with Gasteiger partial charge in [0.15, 0.2) is 0 Å². The number of carbonyl (C=O) groups excluding carboxylic acids is 1. The Morgan fingerprint density at radius 3 is 2.72 bits per heavy atom. The predicted molar refractivity (Wildman–Crippen MR) is 74.9 cm³/mol. The van der Waals surface area contributed by atoms with Crippen LogP contribution in [0.3, 0.4) is 0 Å². The first-order valence-corrected chi connectivity index (χ1v) is 7.90. The Bertz CT molecular complexity index is 517. The molecule has 0 atom stereocenters. The van der Waals surface area contributed by atoms with E-state index in [4.69, 9.17) is 0 Å². The van der Waals surface area contributed by atoms with E-state index >= 15 is 0 Å². The highest BCUT2D eigenvalue weighted by molar-refractivity contribution is 9.10. The third-order valence-corrected chi connectivity index (χ3v) is 4.06. The zero-order valence-corrected chi connectivity index (χ0v) is 12.3. The Kier molecular flexibility index (Phi) is 5.77. The summed E-state index contributed by atoms with van der Waals surface area (Å²) in [5.74, 6) is -0.371. The number of benzene rings is 1. The molecule has 0 aromatic heterocycles. The van der Waals surface area contributed by atoms with Gasteiger partial charge in [-0.15, -0.1) is 0 Å². The van der Waals surface area contributed by atoms with Gasteiger partial charge >= 0.3 is 0 Å². The minimum atomic E-state index is -3.35. The zero-order chi connectivity index (χ0) is 13.6. The number of carbonyl (C=O) groups is 1. The molecule has 1 aromatic carbocycles. The molecule has 5 nitrogen and oxygen atoms in total. The van der Waals surface area contributed by atoms with Gasteiger partial charge in [0.25, 0.3) is 0 Å². The molecule has 7 heteroatoms. The molecule has 0 aliphatic rings. The summed E-state index contributed by atoms with van der Waals surface area (Å²) < 4.78 is 25.8. The van der Waals surface area contributed by atoms with Crippen LogP contribution < -0.4 is 10.0 Å². The van der Waals surface area contributed by atoms with E-state index in [1.807, 2.05) is 6.07 Å². The summed E-state index contributed by atoms with van der Waals surface area (Å²) in [4.78, 5) is 11.5. The summed E-state index contributed by atoms with van der Waals surface area (Å²) in [6, 6.07) is 7.07. The quantitative estimate of drug-likeness (QED) is 0.831. The number of hydrogen-bond donors (Lipinski definition) is 2. The van der Waals surface area contributed by atoms with Crippen LogP contribution in [-0.4, -0.2) is 26.6 Å². The van der Waals surface area contributed by atoms with E-state index in [1.54, 1.807) is 25.1 Å². The predicted octanol–water partition coefficient (Wildman–Crippen LogP) is 1.72. The number of amides is 1. The normalized spacial score (nSPS) is 11.2. The summed E-state index contributed by atoms with van der Waals surface area (Å²) in [5, 5.41) is 2.60. The molecular formula is C11H15BrN2O3S. The fraction of sp³-hybridized carbons (Fsp3) is 0.364. The van der Waals surface area contributed by atoms with Crippen molar-refractivity contribution in [2.75, 3.05) is 17.6 Å². The van der Waals surface area contributed by atoms with E-state index < -0.39 is 15.9 Å². The first-order valence-electron chi connectivity index (χ1n) is 5.45. The molecule has 0 radical (unpaired) electrons. The first-order chi connectivity index (χ1) is 8.43. The molecular weight excluding hydrogens is 320 g/mol. The van der Waals surface area contributed by atoms with Gasteiger partial charge in [-0.05, 0) is 24.6 Å². The maximum Gasteiger partial charge on any atom is 0.239 e. The molecule has 100 valence electrons. The van der Waals surface area contributed by atoms with E-state index in [2.05, 4.69) is 26.0 Å². The lowest BCUT2D eigenvalue weighted by atomic mass is 10.3. The molecule has 0 spiro atoms. The molecule has 2 N–H and O–H groups in total. The minimum absolute atomic E-state index is 0.0250. The number of nitrogens with one attached hydrogen (secondary N) is 2. The van der Waals surface area contributed by atoms with Crippen molar-refractivity contribution in [3.8, 4) is 0 Å². The van der Waals surface area contributed by atoms with Gasteiger partial charge in [0.1, 0.15) is 0 Å². The molecule has 0 heterocycles. The third kappa shape index (κ3) is 5.61. The molecule has 0 saturated carbocycles. The number of hydrogen-bond acceptors (Lipinski definition) is 3. The number of sulfonamides is 1. The molecule has 0 bridgehead atoms. The molecule has 0 aliphatic heterocycles. The first kappa shape index (κ1) is 15.1. The highest BCUT2D eigenvalue weighted by Crippen LogP contribution is 2.15. The second-order valence-electron chi connectivity index (χ2n) is 3.70. The molecule has 18 heavy (non-hydrogen) atoms. The van der Waals surface area contributed by atoms with E-state index in [0.717, 1.165) is 4.47 Å². The van der Waals surface area contributed by atoms with Crippen LogP contribution in [-0.2, 0) is 14.8 Å². The van der Waals surface area contributed by atoms with Crippen LogP contribution in [0.2, 0.25) is 0 Å². The topological polar surface area (TPSA) is 75.3 Å². The van der Waals surface area contributed by atoms with Crippen LogP contribution >= 0.6 is 15.9 Å². The summed E-state index contributed by atoms with van der Waals surface area (Å²) in [7, 11) is -3.35. The van der Waals surface area contributed by atoms with Crippen molar-refractivity contribution >= 4 is 37.5 Å². The van der Waals surface area contributed by atoms with Gasteiger partial charge in [-0.1, -0.05) is 28.9 Å². The Labute approximate surface area is 115 Å². The summed E-state index contributed by atoms with van der Waals surface area (Å²) in [6.45, 7) is 1.51. The van der Waals surface area contributed by atoms with Crippen molar-refractivity contribution in [2.24, 2.45) is 0 Å². The van der Waals surface area contributed by atoms with Crippen molar-refractivity contribution in [1.82, 2.24) is 4.72 Å². The highest BCUT2D eigenvalue weighted by atomic mass is 79.9. The van der Waals surface area contributed by atoms with Gasteiger partial charge in [0.2, 0.25) is 15.9 Å². The lowest BCUT2D eigenvalue weighted by Crippen LogP contribution is -2.34. The summed E-state index contributed by atoms with van der Waals surface area (Å²) in [5.41, 5.74) is 0.615. The smallest absolute Gasteiger partial charge is 0.239 e. The van der Waals surface area contributed by atoms with Gasteiger partial charge < -0.3 is 5.32 Å². The maximum atomic E-state index is 11.5. The van der Waals surface area contributed by atoms with Crippen LogP contribution in [0, 0.1) is 0 Å². The molecule has 1 aromatic rings. The van der Waals surface area contributed by atoms with Crippen LogP contribution in [0.5, 0.6) is 0 Å². The van der Waals surface area contributed by atoms with Gasteiger partial charge in [0, 0.05) is 10.2 Å². The number of rotatable bonds is 6. The van der Waals surface area contributed by atoms with Gasteiger partial charge in [-0.2, -0.15) is 0 Å². The average molecular weight is 335 g/mol. The Balaban J connectivity index is 2.48. The van der Waals surface area contributed by atoms with E-state index in [0.29, 0.717) is 12.1 Å². The van der Waals surface area contributed by atoms with Crippen molar-refractivity contribution in [3.63, 3.8) is 0 Å². The Hall–Kier alpha value is -0.920. The van der Waals surface area contributed by atoms with E-state index in [9.17, 15) is 13.2 Å². The van der Waals surface area contributed by atoms with Crippen molar-refractivity contribution in [1.29, 1.82) is 0 Å². The fourth-order valence-corrected chi connectivity index (χ4v) is 2.72. The van der Waals surface area contributed by atoms with Gasteiger partial charge in [-0.25, -0.2) is 13.1 Å². The second-order valence-corrected chi connectivity index (χ2v) is 6.54. The lowest BCUT2D eigenvalue weighted by molar-refractivity contribution is -0.115. The highest BCUT2D eigenvalue weighted by Gasteiger charge is 2.11. The lowest BCUT2D eigenvalue weighted by Gasteiger charge is -2.07. The standard InChI is InChI=1S/C11H15BrN2O3S/c1-2-6-18(16,17)13-8-11(15)14-10-5-3-4-9(12)7-10/h3-5,7,13H,2,6,8H2,1H3,(H,14,15). The van der Waals surface area contributed by atoms with E-state index in [1.165, 1.54) is 0 Å². The molecule has 0 aliphatic carbocycles. The zero-order valence-electron chi connectivity index (χ0n) is 9.94. The van der Waals surface area contributed by atoms with E-state index in [-0.39, 0.29) is 12.3 Å². The third-order valence-electron chi connectivity index (χ3n) is 2.03. The fourth-order valence-electron chi connectivity index (χ4n) is 1.29.